The molecule has 0 saturated carbocycles. The summed E-state index contributed by atoms with van der Waals surface area (Å²) in [6.45, 7) is 1.41. The Kier molecular flexibility index (Phi) is 3.57. The van der Waals surface area contributed by atoms with Gasteiger partial charge in [-0.2, -0.15) is 23.5 Å². The number of phenolic OH excluding ortho intramolecular Hbond substituents is 1. The molecule has 1 heterocycles. The lowest BCUT2D eigenvalue weighted by molar-refractivity contribution is -0.0620. The highest BCUT2D eigenvalue weighted by molar-refractivity contribution is 5.95. The van der Waals surface area contributed by atoms with E-state index in [1.165, 1.54) is 36.2 Å². The third kappa shape index (κ3) is 2.54. The molecule has 20 heavy (non-hydrogen) atoms. The van der Waals surface area contributed by atoms with Gasteiger partial charge in [0.25, 0.3) is 0 Å². The van der Waals surface area contributed by atoms with Gasteiger partial charge in [0, 0.05) is 5.92 Å². The minimum absolute atomic E-state index is 0.0119. The van der Waals surface area contributed by atoms with E-state index < -0.39 is 23.8 Å². The average Bonchev–Trinajstić information content (AvgIpc) is 2.69. The van der Waals surface area contributed by atoms with Crippen LogP contribution in [0.3, 0.4) is 0 Å². The van der Waals surface area contributed by atoms with Crippen molar-refractivity contribution in [3.8, 4) is 11.8 Å². The van der Waals surface area contributed by atoms with E-state index >= 15 is 0 Å². The minimum atomic E-state index is -4.52. The molecular formula is C13H12F3N3O. The molecule has 1 aliphatic rings. The summed E-state index contributed by atoms with van der Waals surface area (Å²) in [4.78, 5) is 0. The predicted molar refractivity (Wildman–Crippen MR) is 67.3 cm³/mol. The molecule has 106 valence electrons. The summed E-state index contributed by atoms with van der Waals surface area (Å²) in [6, 6.07) is 6.89. The van der Waals surface area contributed by atoms with Gasteiger partial charge in [-0.1, -0.05) is 6.92 Å². The maximum Gasteiger partial charge on any atom is 0.431 e. The van der Waals surface area contributed by atoms with Crippen molar-refractivity contribution >= 4 is 11.4 Å². The normalized spacial score (nSPS) is 22.6. The van der Waals surface area contributed by atoms with Crippen LogP contribution >= 0.6 is 0 Å². The zero-order valence-corrected chi connectivity index (χ0v) is 10.6. The van der Waals surface area contributed by atoms with Crippen LogP contribution in [-0.2, 0) is 0 Å². The summed E-state index contributed by atoms with van der Waals surface area (Å²) in [7, 11) is 0. The van der Waals surface area contributed by atoms with Crippen molar-refractivity contribution in [1.82, 2.24) is 0 Å². The number of hydrogen-bond acceptors (Lipinski definition) is 4. The zero-order valence-electron chi connectivity index (χ0n) is 10.6. The largest absolute Gasteiger partial charge is 0.508 e. The molecule has 0 radical (unpaired) electrons. The second-order valence-electron chi connectivity index (χ2n) is 4.56. The minimum Gasteiger partial charge on any atom is -0.508 e. The Morgan fingerprint density at radius 1 is 1.35 bits per heavy atom. The first-order chi connectivity index (χ1) is 9.34. The Hall–Kier alpha value is -2.23. The molecule has 7 heteroatoms. The molecule has 0 unspecified atom stereocenters. The summed E-state index contributed by atoms with van der Waals surface area (Å²) in [5.41, 5.74) is -0.472. The Labute approximate surface area is 113 Å². The topological polar surface area (TPSA) is 59.6 Å². The van der Waals surface area contributed by atoms with E-state index in [4.69, 9.17) is 5.26 Å². The van der Waals surface area contributed by atoms with Crippen LogP contribution < -0.4 is 5.01 Å². The van der Waals surface area contributed by atoms with E-state index in [2.05, 4.69) is 5.10 Å². The van der Waals surface area contributed by atoms with Crippen LogP contribution in [-0.4, -0.2) is 23.0 Å². The van der Waals surface area contributed by atoms with Crippen LogP contribution in [0.2, 0.25) is 0 Å². The van der Waals surface area contributed by atoms with Crippen molar-refractivity contribution in [1.29, 1.82) is 5.26 Å². The average molecular weight is 283 g/mol. The molecule has 0 bridgehead atoms. The Bertz CT molecular complexity index is 560. The van der Waals surface area contributed by atoms with Gasteiger partial charge < -0.3 is 5.11 Å². The molecule has 2 rings (SSSR count). The fraction of sp³-hybridized carbons (Fsp3) is 0.385. The van der Waals surface area contributed by atoms with Gasteiger partial charge >= 0.3 is 6.18 Å². The quantitative estimate of drug-likeness (QED) is 0.907. The number of aromatic hydroxyl groups is 1. The lowest BCUT2D eigenvalue weighted by Gasteiger charge is -2.24. The maximum absolute atomic E-state index is 12.9. The van der Waals surface area contributed by atoms with Crippen molar-refractivity contribution in [2.45, 2.75) is 25.6 Å². The van der Waals surface area contributed by atoms with Crippen LogP contribution in [0, 0.1) is 17.2 Å². The first-order valence-corrected chi connectivity index (χ1v) is 5.95. The number of benzene rings is 1. The number of phenols is 1. The number of hydrazone groups is 1. The van der Waals surface area contributed by atoms with E-state index in [1.807, 2.05) is 6.07 Å². The first-order valence-electron chi connectivity index (χ1n) is 5.95. The molecule has 1 N–H and O–H groups in total. The van der Waals surface area contributed by atoms with Gasteiger partial charge in [0.1, 0.15) is 11.5 Å². The first kappa shape index (κ1) is 14.2. The van der Waals surface area contributed by atoms with Gasteiger partial charge in [-0.05, 0) is 24.3 Å². The third-order valence-electron chi connectivity index (χ3n) is 3.24. The molecule has 4 nitrogen and oxygen atoms in total. The number of nitrogens with zero attached hydrogens (tertiary/aromatic N) is 3. The van der Waals surface area contributed by atoms with E-state index in [1.54, 1.807) is 0 Å². The maximum atomic E-state index is 12.9. The number of anilines is 1. The summed E-state index contributed by atoms with van der Waals surface area (Å²) in [6.07, 6.45) is -4.58. The fourth-order valence-corrected chi connectivity index (χ4v) is 2.20. The third-order valence-corrected chi connectivity index (χ3v) is 3.24. The Morgan fingerprint density at radius 2 is 1.95 bits per heavy atom. The van der Waals surface area contributed by atoms with Crippen LogP contribution in [0.4, 0.5) is 18.9 Å². The highest BCUT2D eigenvalue weighted by Gasteiger charge is 2.48. The number of alkyl halides is 3. The molecule has 0 aliphatic carbocycles. The number of rotatable bonds is 2. The highest BCUT2D eigenvalue weighted by atomic mass is 19.4. The fourth-order valence-electron chi connectivity index (χ4n) is 2.20. The van der Waals surface area contributed by atoms with Gasteiger partial charge in [-0.3, -0.25) is 5.01 Å². The number of hydrogen-bond donors (Lipinski definition) is 1. The van der Waals surface area contributed by atoms with Crippen molar-refractivity contribution in [3.05, 3.63) is 24.3 Å². The van der Waals surface area contributed by atoms with Crippen molar-refractivity contribution in [2.24, 2.45) is 11.0 Å². The van der Waals surface area contributed by atoms with Crippen LogP contribution in [0.1, 0.15) is 13.3 Å². The van der Waals surface area contributed by atoms with E-state index in [0.29, 0.717) is 5.69 Å². The van der Waals surface area contributed by atoms with Crippen molar-refractivity contribution < 1.29 is 18.3 Å². The molecule has 0 spiro atoms. The molecule has 1 aromatic rings. The number of halogens is 3. The molecule has 0 saturated heterocycles. The Balaban J connectivity index is 2.40. The van der Waals surface area contributed by atoms with Crippen molar-refractivity contribution in [2.75, 3.05) is 5.01 Å². The molecule has 1 aliphatic heterocycles. The van der Waals surface area contributed by atoms with E-state index in [-0.39, 0.29) is 12.2 Å². The van der Waals surface area contributed by atoms with E-state index in [9.17, 15) is 18.3 Å². The molecule has 2 atom stereocenters. The molecule has 1 aromatic carbocycles. The standard InChI is InChI=1S/C13H12F3N3O/c1-8-11(6-7-17)19(18-12(8)13(14,15)16)9-2-4-10(20)5-3-9/h2-5,8,11,20H,6H2,1H3/t8-,11-/m0/s1. The molecular weight excluding hydrogens is 271 g/mol. The second-order valence-corrected chi connectivity index (χ2v) is 4.56. The Morgan fingerprint density at radius 3 is 2.45 bits per heavy atom. The van der Waals surface area contributed by atoms with Gasteiger partial charge in [0.15, 0.2) is 0 Å². The van der Waals surface area contributed by atoms with Crippen LogP contribution in [0.25, 0.3) is 0 Å². The van der Waals surface area contributed by atoms with Gasteiger partial charge in [0.05, 0.1) is 24.2 Å². The summed E-state index contributed by atoms with van der Waals surface area (Å²) in [5, 5.41) is 22.8. The number of nitriles is 1. The summed E-state index contributed by atoms with van der Waals surface area (Å²) in [5.74, 6) is -0.874. The zero-order chi connectivity index (χ0) is 14.9. The lowest BCUT2D eigenvalue weighted by atomic mass is 9.95. The lowest BCUT2D eigenvalue weighted by Crippen LogP contribution is -2.35. The van der Waals surface area contributed by atoms with Gasteiger partial charge in [0.2, 0.25) is 0 Å². The highest BCUT2D eigenvalue weighted by Crippen LogP contribution is 2.36. The molecule has 0 aromatic heterocycles. The van der Waals surface area contributed by atoms with Gasteiger partial charge in [-0.15, -0.1) is 0 Å². The monoisotopic (exact) mass is 283 g/mol. The predicted octanol–water partition coefficient (Wildman–Crippen LogP) is 3.05. The second kappa shape index (κ2) is 5.04. The van der Waals surface area contributed by atoms with Crippen LogP contribution in [0.5, 0.6) is 5.75 Å². The molecule has 0 fully saturated rings. The smallest absolute Gasteiger partial charge is 0.431 e. The van der Waals surface area contributed by atoms with Crippen molar-refractivity contribution in [3.63, 3.8) is 0 Å². The van der Waals surface area contributed by atoms with Gasteiger partial charge in [-0.25, -0.2) is 0 Å². The summed E-state index contributed by atoms with van der Waals surface area (Å²) < 4.78 is 38.7. The summed E-state index contributed by atoms with van der Waals surface area (Å²) >= 11 is 0. The van der Waals surface area contributed by atoms with Crippen LogP contribution in [0.15, 0.2) is 29.4 Å². The molecule has 0 amide bonds. The van der Waals surface area contributed by atoms with E-state index in [0.717, 1.165) is 0 Å². The SMILES string of the molecule is C[C@@H]1C(C(F)(F)F)=NN(c2ccc(O)cc2)[C@H]1CC#N.